The normalized spacial score (nSPS) is 15.6. The monoisotopic (exact) mass is 424 g/mol. The molecule has 3 rings (SSSR count). The van der Waals surface area contributed by atoms with Gasteiger partial charge in [-0.2, -0.15) is 0 Å². The van der Waals surface area contributed by atoms with Gasteiger partial charge in [-0.1, -0.05) is 12.1 Å². The summed E-state index contributed by atoms with van der Waals surface area (Å²) in [6, 6.07) is 9.39. The van der Waals surface area contributed by atoms with Crippen molar-refractivity contribution in [2.45, 2.75) is 38.5 Å². The molecule has 2 heterocycles. The molecule has 0 aliphatic carbocycles. The molecule has 0 spiro atoms. The molecular weight excluding hydrogens is 396 g/mol. The summed E-state index contributed by atoms with van der Waals surface area (Å²) in [5, 5.41) is 2.33. The van der Waals surface area contributed by atoms with Crippen LogP contribution in [-0.4, -0.2) is 52.8 Å². The number of nitrogens with zero attached hydrogens (tertiary/aromatic N) is 3. The van der Waals surface area contributed by atoms with Gasteiger partial charge in [-0.3, -0.25) is 19.7 Å². The van der Waals surface area contributed by atoms with Crippen LogP contribution in [0.15, 0.2) is 42.9 Å². The number of aryl methyl sites for hydroxylation is 1. The number of amides is 3. The van der Waals surface area contributed by atoms with Gasteiger partial charge in [0.15, 0.2) is 0 Å². The Morgan fingerprint density at radius 1 is 1.19 bits per heavy atom. The molecule has 3 amide bonds. The first kappa shape index (κ1) is 22.4. The molecule has 2 aromatic rings. The highest BCUT2D eigenvalue weighted by Gasteiger charge is 2.30. The second-order valence-electron chi connectivity index (χ2n) is 7.73. The Balaban J connectivity index is 1.31. The van der Waals surface area contributed by atoms with E-state index in [1.807, 2.05) is 30.3 Å². The van der Waals surface area contributed by atoms with Crippen molar-refractivity contribution in [2.75, 3.05) is 20.2 Å². The van der Waals surface area contributed by atoms with Crippen molar-refractivity contribution in [3.8, 4) is 5.75 Å². The third-order valence-corrected chi connectivity index (χ3v) is 5.31. The molecule has 1 aromatic carbocycles. The first-order valence-corrected chi connectivity index (χ1v) is 10.6. The lowest BCUT2D eigenvalue weighted by molar-refractivity contribution is -0.130. The largest absolute Gasteiger partial charge is 0.492 e. The van der Waals surface area contributed by atoms with Crippen molar-refractivity contribution < 1.29 is 19.1 Å². The Kier molecular flexibility index (Phi) is 8.09. The van der Waals surface area contributed by atoms with Gasteiger partial charge in [-0.05, 0) is 49.4 Å². The lowest BCUT2D eigenvalue weighted by atomic mass is 9.98. The summed E-state index contributed by atoms with van der Waals surface area (Å²) >= 11 is 0. The summed E-state index contributed by atoms with van der Waals surface area (Å²) in [4.78, 5) is 45.0. The van der Waals surface area contributed by atoms with Gasteiger partial charge in [0.05, 0.1) is 12.5 Å². The molecule has 31 heavy (non-hydrogen) atoms. The van der Waals surface area contributed by atoms with Crippen LogP contribution < -0.4 is 10.1 Å². The number of ether oxygens (including phenoxy) is 1. The number of imide groups is 1. The van der Waals surface area contributed by atoms with Crippen LogP contribution in [0.2, 0.25) is 0 Å². The topological polar surface area (TPSA) is 101 Å². The first-order valence-electron chi connectivity index (χ1n) is 10.6. The van der Waals surface area contributed by atoms with Crippen molar-refractivity contribution in [2.24, 2.45) is 5.92 Å². The Bertz CT molecular complexity index is 886. The van der Waals surface area contributed by atoms with E-state index >= 15 is 0 Å². The molecule has 1 aromatic heterocycles. The minimum Gasteiger partial charge on any atom is -0.492 e. The van der Waals surface area contributed by atoms with Crippen LogP contribution in [0.4, 0.5) is 0 Å². The van der Waals surface area contributed by atoms with Crippen LogP contribution in [-0.2, 0) is 27.2 Å². The molecule has 1 fully saturated rings. The Morgan fingerprint density at radius 3 is 2.68 bits per heavy atom. The molecule has 1 aliphatic rings. The van der Waals surface area contributed by atoms with E-state index in [9.17, 15) is 14.4 Å². The van der Waals surface area contributed by atoms with E-state index in [4.69, 9.17) is 4.74 Å². The fourth-order valence-electron chi connectivity index (χ4n) is 3.44. The molecule has 1 N–H and O–H groups in total. The van der Waals surface area contributed by atoms with E-state index in [0.29, 0.717) is 31.7 Å². The van der Waals surface area contributed by atoms with Crippen LogP contribution in [0.25, 0.3) is 0 Å². The van der Waals surface area contributed by atoms with Crippen LogP contribution in [0.1, 0.15) is 36.9 Å². The minimum absolute atomic E-state index is 0.103. The number of carbonyl (C=O) groups is 3. The molecular formula is C23H28N4O4. The van der Waals surface area contributed by atoms with Crippen LogP contribution in [0.3, 0.4) is 0 Å². The molecule has 1 aliphatic heterocycles. The highest BCUT2D eigenvalue weighted by molar-refractivity contribution is 6.03. The number of carbonyl (C=O) groups excluding carboxylic acids is 3. The lowest BCUT2D eigenvalue weighted by Gasteiger charge is -2.17. The third-order valence-electron chi connectivity index (χ3n) is 5.31. The lowest BCUT2D eigenvalue weighted by Crippen LogP contribution is -2.30. The van der Waals surface area contributed by atoms with Gasteiger partial charge in [0.25, 0.3) is 0 Å². The third kappa shape index (κ3) is 7.16. The average molecular weight is 425 g/mol. The molecule has 1 saturated heterocycles. The summed E-state index contributed by atoms with van der Waals surface area (Å²) in [6.07, 6.45) is 7.14. The molecule has 0 bridgehead atoms. The van der Waals surface area contributed by atoms with E-state index < -0.39 is 0 Å². The van der Waals surface area contributed by atoms with Crippen LogP contribution in [0, 0.1) is 5.92 Å². The van der Waals surface area contributed by atoms with Crippen molar-refractivity contribution in [3.63, 3.8) is 0 Å². The Labute approximate surface area is 182 Å². The van der Waals surface area contributed by atoms with Gasteiger partial charge in [-0.15, -0.1) is 0 Å². The van der Waals surface area contributed by atoms with Crippen molar-refractivity contribution in [1.82, 2.24) is 20.2 Å². The average Bonchev–Trinajstić information content (AvgIpc) is 3.09. The highest BCUT2D eigenvalue weighted by atomic mass is 16.5. The number of aromatic nitrogens is 2. The molecule has 8 nitrogen and oxygen atoms in total. The smallest absolute Gasteiger partial charge is 0.230 e. The van der Waals surface area contributed by atoms with Gasteiger partial charge >= 0.3 is 0 Å². The second-order valence-corrected chi connectivity index (χ2v) is 7.73. The van der Waals surface area contributed by atoms with E-state index in [0.717, 1.165) is 30.5 Å². The van der Waals surface area contributed by atoms with Crippen molar-refractivity contribution in [1.29, 1.82) is 0 Å². The Morgan fingerprint density at radius 2 is 2.00 bits per heavy atom. The maximum atomic E-state index is 12.2. The number of likely N-dealkylation sites (N-methyl/N-ethyl adjacent to an activating group) is 1. The minimum atomic E-state index is -0.292. The molecule has 0 radical (unpaired) electrons. The summed E-state index contributed by atoms with van der Waals surface area (Å²) in [7, 11) is 1.78. The molecule has 1 unspecified atom stereocenters. The number of unbranched alkanes of at least 4 members (excludes halogenated alkanes) is 1. The van der Waals surface area contributed by atoms with Crippen LogP contribution >= 0.6 is 0 Å². The highest BCUT2D eigenvalue weighted by Crippen LogP contribution is 2.19. The van der Waals surface area contributed by atoms with Gasteiger partial charge < -0.3 is 9.64 Å². The second kappa shape index (κ2) is 11.2. The number of hydrogen-bond donors (Lipinski definition) is 1. The number of hydrogen-bond acceptors (Lipinski definition) is 6. The fraction of sp³-hybridized carbons (Fsp3) is 0.435. The molecule has 0 saturated carbocycles. The zero-order chi connectivity index (χ0) is 22.1. The molecule has 8 heteroatoms. The first-order chi connectivity index (χ1) is 15.0. The number of rotatable bonds is 11. The summed E-state index contributed by atoms with van der Waals surface area (Å²) in [5.41, 5.74) is 1.98. The van der Waals surface area contributed by atoms with Gasteiger partial charge in [0.1, 0.15) is 18.7 Å². The van der Waals surface area contributed by atoms with E-state index in [-0.39, 0.29) is 30.1 Å². The van der Waals surface area contributed by atoms with Gasteiger partial charge in [0.2, 0.25) is 17.7 Å². The zero-order valence-electron chi connectivity index (χ0n) is 17.8. The summed E-state index contributed by atoms with van der Waals surface area (Å²) < 4.78 is 5.73. The van der Waals surface area contributed by atoms with E-state index in [2.05, 4.69) is 15.3 Å². The standard InChI is InChI=1S/C23H28N4O4/c1-27(22(29)5-3-2-4-19-10-11-24-16-25-19)12-13-31-20-8-6-17(7-9-20)14-18-15-21(28)26-23(18)30/h6-11,16,18H,2-5,12-15H2,1H3,(H,26,28,30). The van der Waals surface area contributed by atoms with Gasteiger partial charge in [0, 0.05) is 31.8 Å². The van der Waals surface area contributed by atoms with Gasteiger partial charge in [-0.25, -0.2) is 9.97 Å². The van der Waals surface area contributed by atoms with Crippen LogP contribution in [0.5, 0.6) is 5.75 Å². The van der Waals surface area contributed by atoms with Crippen molar-refractivity contribution in [3.05, 3.63) is 54.1 Å². The maximum Gasteiger partial charge on any atom is 0.230 e. The van der Waals surface area contributed by atoms with E-state index in [1.165, 1.54) is 6.33 Å². The summed E-state index contributed by atoms with van der Waals surface area (Å²) in [6.45, 7) is 0.916. The fourth-order valence-corrected chi connectivity index (χ4v) is 3.44. The quantitative estimate of drug-likeness (QED) is 0.437. The molecule has 164 valence electrons. The Hall–Kier alpha value is -3.29. The predicted molar refractivity (Wildman–Crippen MR) is 114 cm³/mol. The predicted octanol–water partition coefficient (Wildman–Crippen LogP) is 1.93. The maximum absolute atomic E-state index is 12.2. The molecule has 1 atom stereocenters. The number of benzene rings is 1. The summed E-state index contributed by atoms with van der Waals surface area (Å²) in [5.74, 6) is 0.110. The van der Waals surface area contributed by atoms with Crippen molar-refractivity contribution >= 4 is 17.7 Å². The number of nitrogens with one attached hydrogen (secondary N) is 1. The SMILES string of the molecule is CN(CCOc1ccc(CC2CC(=O)NC2=O)cc1)C(=O)CCCCc1ccncn1. The van der Waals surface area contributed by atoms with E-state index in [1.54, 1.807) is 18.1 Å². The zero-order valence-corrected chi connectivity index (χ0v) is 17.8.